The van der Waals surface area contributed by atoms with Gasteiger partial charge < -0.3 is 14.6 Å². The first kappa shape index (κ1) is 18.4. The van der Waals surface area contributed by atoms with Gasteiger partial charge in [-0.15, -0.1) is 0 Å². The summed E-state index contributed by atoms with van der Waals surface area (Å²) in [6.45, 7) is 1.86. The summed E-state index contributed by atoms with van der Waals surface area (Å²) in [6, 6.07) is 5.10. The molecule has 1 aliphatic heterocycles. The van der Waals surface area contributed by atoms with E-state index >= 15 is 0 Å². The summed E-state index contributed by atoms with van der Waals surface area (Å²) < 4.78 is 11.8. The predicted molar refractivity (Wildman–Crippen MR) is 99.1 cm³/mol. The van der Waals surface area contributed by atoms with Crippen molar-refractivity contribution in [1.82, 2.24) is 9.55 Å². The van der Waals surface area contributed by atoms with Crippen molar-refractivity contribution in [2.75, 3.05) is 19.6 Å². The van der Waals surface area contributed by atoms with Crippen molar-refractivity contribution in [3.63, 3.8) is 0 Å². The third-order valence-corrected chi connectivity index (χ3v) is 4.39. The lowest BCUT2D eigenvalue weighted by Gasteiger charge is -2.25. The molecule has 142 valence electrons. The lowest BCUT2D eigenvalue weighted by molar-refractivity contribution is 0.0693. The third kappa shape index (κ3) is 3.62. The molecule has 27 heavy (non-hydrogen) atoms. The molecule has 9 nitrogen and oxygen atoms in total. The fraction of sp³-hybridized carbons (Fsp3) is 0.333. The fourth-order valence-corrected chi connectivity index (χ4v) is 2.93. The highest BCUT2D eigenvalue weighted by Crippen LogP contribution is 2.26. The number of fused-ring (bicyclic) bond motifs is 1. The van der Waals surface area contributed by atoms with E-state index in [1.54, 1.807) is 32.4 Å². The number of nitrogens with one attached hydrogen (secondary N) is 1. The van der Waals surface area contributed by atoms with E-state index < -0.39 is 11.5 Å². The summed E-state index contributed by atoms with van der Waals surface area (Å²) >= 11 is 0. The van der Waals surface area contributed by atoms with Gasteiger partial charge in [-0.2, -0.15) is 5.10 Å². The Hall–Kier alpha value is -3.36. The number of hydrogen-bond acceptors (Lipinski definition) is 7. The molecule has 3 rings (SSSR count). The van der Waals surface area contributed by atoms with Crippen LogP contribution < -0.4 is 20.5 Å². The van der Waals surface area contributed by atoms with Crippen LogP contribution in [0.5, 0.6) is 11.5 Å². The molecule has 0 spiro atoms. The molecular weight excluding hydrogens is 352 g/mol. The zero-order chi connectivity index (χ0) is 19.6. The van der Waals surface area contributed by atoms with E-state index in [1.165, 1.54) is 4.57 Å². The van der Waals surface area contributed by atoms with Crippen LogP contribution in [-0.4, -0.2) is 40.6 Å². The van der Waals surface area contributed by atoms with Crippen LogP contribution in [-0.2, 0) is 0 Å². The predicted octanol–water partition coefficient (Wildman–Crippen LogP) is 2.13. The van der Waals surface area contributed by atoms with Crippen LogP contribution >= 0.6 is 0 Å². The monoisotopic (exact) mass is 372 g/mol. The minimum absolute atomic E-state index is 0.157. The first-order chi connectivity index (χ1) is 12.9. The number of aromatic nitrogens is 2. The fourth-order valence-electron chi connectivity index (χ4n) is 2.93. The van der Waals surface area contributed by atoms with Gasteiger partial charge in [-0.1, -0.05) is 0 Å². The number of carboxylic acid groups (broad SMARTS) is 1. The summed E-state index contributed by atoms with van der Waals surface area (Å²) in [6.07, 6.45) is 2.34. The number of benzene rings is 1. The Bertz CT molecular complexity index is 944. The third-order valence-electron chi connectivity index (χ3n) is 4.39. The van der Waals surface area contributed by atoms with Crippen molar-refractivity contribution in [3.8, 4) is 11.5 Å². The van der Waals surface area contributed by atoms with E-state index in [-0.39, 0.29) is 11.6 Å². The first-order valence-electron chi connectivity index (χ1n) is 8.35. The van der Waals surface area contributed by atoms with Crippen molar-refractivity contribution >= 4 is 17.4 Å². The topological polar surface area (TPSA) is 115 Å². The number of ether oxygens (including phenoxy) is 2. The van der Waals surface area contributed by atoms with Crippen LogP contribution in [0.2, 0.25) is 0 Å². The molecule has 0 saturated carbocycles. The molecule has 0 saturated heterocycles. The van der Waals surface area contributed by atoms with Gasteiger partial charge in [0.25, 0.3) is 5.56 Å². The number of aromatic carboxylic acids is 1. The van der Waals surface area contributed by atoms with Gasteiger partial charge in [-0.05, 0) is 19.8 Å². The highest BCUT2D eigenvalue weighted by atomic mass is 16.5. The van der Waals surface area contributed by atoms with Gasteiger partial charge >= 0.3 is 5.97 Å². The van der Waals surface area contributed by atoms with Gasteiger partial charge in [-0.3, -0.25) is 14.8 Å². The summed E-state index contributed by atoms with van der Waals surface area (Å²) in [5, 5.41) is 13.5. The molecule has 2 aromatic rings. The summed E-state index contributed by atoms with van der Waals surface area (Å²) in [7, 11) is 3.11. The van der Waals surface area contributed by atoms with E-state index in [0.717, 1.165) is 6.20 Å². The van der Waals surface area contributed by atoms with Crippen molar-refractivity contribution in [3.05, 3.63) is 46.1 Å². The smallest absolute Gasteiger partial charge is 0.342 e. The Labute approximate surface area is 155 Å². The van der Waals surface area contributed by atoms with Crippen LogP contribution in [0.25, 0.3) is 0 Å². The van der Waals surface area contributed by atoms with Gasteiger partial charge in [0, 0.05) is 30.4 Å². The van der Waals surface area contributed by atoms with Crippen LogP contribution in [0.4, 0.5) is 5.69 Å². The molecule has 0 amide bonds. The van der Waals surface area contributed by atoms with Crippen molar-refractivity contribution in [2.45, 2.75) is 25.8 Å². The van der Waals surface area contributed by atoms with Crippen molar-refractivity contribution in [2.24, 2.45) is 5.10 Å². The van der Waals surface area contributed by atoms with Crippen LogP contribution in [0.15, 0.2) is 34.3 Å². The maximum Gasteiger partial charge on any atom is 0.342 e. The Morgan fingerprint density at radius 2 is 1.96 bits per heavy atom. The standard InChI is InChI=1S/C18H20N4O5/c1-10-4-5-15(16-19-9-14(18(24)25)17(23)22(10)16)21-20-11-6-12(26-2)8-13(7-11)27-3/h6-10,20H,4-5H2,1-3H3,(H,24,25). The van der Waals surface area contributed by atoms with Crippen molar-refractivity contribution in [1.29, 1.82) is 0 Å². The average molecular weight is 372 g/mol. The van der Waals surface area contributed by atoms with Crippen LogP contribution in [0, 0.1) is 0 Å². The molecule has 1 aliphatic rings. The summed E-state index contributed by atoms with van der Waals surface area (Å²) in [5.74, 6) is 0.289. The van der Waals surface area contributed by atoms with E-state index in [0.29, 0.717) is 41.6 Å². The Balaban J connectivity index is 1.98. The Kier molecular flexibility index (Phi) is 5.11. The first-order valence-corrected chi connectivity index (χ1v) is 8.35. The number of hydrazone groups is 1. The number of methoxy groups -OCH3 is 2. The second-order valence-electron chi connectivity index (χ2n) is 6.14. The number of anilines is 1. The largest absolute Gasteiger partial charge is 0.497 e. The highest BCUT2D eigenvalue weighted by molar-refractivity contribution is 5.99. The van der Waals surface area contributed by atoms with Gasteiger partial charge in [0.1, 0.15) is 22.8 Å². The molecule has 0 fully saturated rings. The molecule has 0 aliphatic carbocycles. The Morgan fingerprint density at radius 3 is 2.56 bits per heavy atom. The number of carbonyl (C=O) groups is 1. The maximum atomic E-state index is 12.5. The van der Waals surface area contributed by atoms with E-state index in [1.807, 2.05) is 6.92 Å². The van der Waals surface area contributed by atoms with E-state index in [4.69, 9.17) is 14.6 Å². The second-order valence-corrected chi connectivity index (χ2v) is 6.14. The molecule has 9 heteroatoms. The Morgan fingerprint density at radius 1 is 1.30 bits per heavy atom. The van der Waals surface area contributed by atoms with Crippen molar-refractivity contribution < 1.29 is 19.4 Å². The number of hydrogen-bond donors (Lipinski definition) is 2. The lowest BCUT2D eigenvalue weighted by Crippen LogP contribution is -2.37. The van der Waals surface area contributed by atoms with Gasteiger partial charge in [-0.25, -0.2) is 9.78 Å². The molecule has 2 heterocycles. The molecule has 0 radical (unpaired) electrons. The van der Waals surface area contributed by atoms with Gasteiger partial charge in [0.05, 0.1) is 19.9 Å². The van der Waals surface area contributed by atoms with Gasteiger partial charge in [0.2, 0.25) is 0 Å². The van der Waals surface area contributed by atoms with E-state index in [9.17, 15) is 9.59 Å². The molecule has 1 aromatic carbocycles. The molecule has 2 N–H and O–H groups in total. The molecule has 0 bridgehead atoms. The van der Waals surface area contributed by atoms with Crippen LogP contribution in [0.1, 0.15) is 42.0 Å². The zero-order valence-corrected chi connectivity index (χ0v) is 15.2. The quantitative estimate of drug-likeness (QED) is 0.773. The van der Waals surface area contributed by atoms with E-state index in [2.05, 4.69) is 15.5 Å². The maximum absolute atomic E-state index is 12.5. The lowest BCUT2D eigenvalue weighted by atomic mass is 10.0. The molecule has 1 aromatic heterocycles. The minimum atomic E-state index is -1.29. The summed E-state index contributed by atoms with van der Waals surface area (Å²) in [5.41, 5.74) is 3.23. The zero-order valence-electron chi connectivity index (χ0n) is 15.2. The van der Waals surface area contributed by atoms with Crippen LogP contribution in [0.3, 0.4) is 0 Å². The average Bonchev–Trinajstić information content (AvgIpc) is 2.66. The SMILES string of the molecule is COc1cc(NN=C2CCC(C)n3c2ncc(C(=O)O)c3=O)cc(OC)c1. The molecule has 1 atom stereocenters. The number of carboxylic acids is 1. The number of nitrogens with zero attached hydrogens (tertiary/aromatic N) is 3. The second kappa shape index (κ2) is 7.48. The highest BCUT2D eigenvalue weighted by Gasteiger charge is 2.26. The molecule has 1 unspecified atom stereocenters. The summed E-state index contributed by atoms with van der Waals surface area (Å²) in [4.78, 5) is 27.9. The number of rotatable bonds is 5. The van der Waals surface area contributed by atoms with Gasteiger partial charge in [0.15, 0.2) is 5.82 Å². The minimum Gasteiger partial charge on any atom is -0.497 e. The normalized spacial score (nSPS) is 17.3. The molecular formula is C18H20N4O5.